The number of benzene rings is 2. The van der Waals surface area contributed by atoms with Crippen molar-refractivity contribution < 1.29 is 9.90 Å². The molecule has 1 heterocycles. The molecule has 5 heteroatoms. The van der Waals surface area contributed by atoms with E-state index >= 15 is 0 Å². The molecule has 2 aromatic carbocycles. The number of carbonyl (C=O) groups excluding carboxylic acids is 1. The van der Waals surface area contributed by atoms with Crippen LogP contribution in [0, 0.1) is 0 Å². The highest BCUT2D eigenvalue weighted by Gasteiger charge is 2.25. The zero-order chi connectivity index (χ0) is 18.4. The Morgan fingerprint density at radius 3 is 2.19 bits per heavy atom. The summed E-state index contributed by atoms with van der Waals surface area (Å²) in [6.07, 6.45) is -0.536. The lowest BCUT2D eigenvalue weighted by molar-refractivity contribution is -0.130. The third-order valence-corrected chi connectivity index (χ3v) is 5.96. The molecule has 0 saturated carbocycles. The third-order valence-electron chi connectivity index (χ3n) is 4.75. The second kappa shape index (κ2) is 9.10. The summed E-state index contributed by atoms with van der Waals surface area (Å²) in [7, 11) is 0. The molecule has 0 aliphatic carbocycles. The molecule has 1 fully saturated rings. The van der Waals surface area contributed by atoms with Crippen LogP contribution in [0.1, 0.15) is 18.6 Å². The second-order valence-electron chi connectivity index (χ2n) is 6.55. The van der Waals surface area contributed by atoms with Crippen molar-refractivity contribution in [1.29, 1.82) is 0 Å². The summed E-state index contributed by atoms with van der Waals surface area (Å²) in [6, 6.07) is 19.9. The van der Waals surface area contributed by atoms with Crippen molar-refractivity contribution in [3.8, 4) is 0 Å². The maximum atomic E-state index is 12.7. The Labute approximate surface area is 159 Å². The highest BCUT2D eigenvalue weighted by Crippen LogP contribution is 2.23. The number of amides is 1. The molecule has 0 aromatic heterocycles. The number of aliphatic hydroxyl groups excluding tert-OH is 1. The summed E-state index contributed by atoms with van der Waals surface area (Å²) in [5.41, 5.74) is 2.11. The van der Waals surface area contributed by atoms with Crippen molar-refractivity contribution >= 4 is 23.4 Å². The Balaban J connectivity index is 1.46. The predicted octanol–water partition coefficient (Wildman–Crippen LogP) is 3.19. The SMILES string of the molecule is CC(SCC(O)c1ccccc1)C(=O)N1CCN(c2ccccc2)CC1. The van der Waals surface area contributed by atoms with Gasteiger partial charge in [-0.25, -0.2) is 0 Å². The first-order valence-electron chi connectivity index (χ1n) is 9.08. The van der Waals surface area contributed by atoms with Gasteiger partial charge >= 0.3 is 0 Å². The van der Waals surface area contributed by atoms with E-state index in [0.717, 1.165) is 31.7 Å². The number of nitrogens with zero attached hydrogens (tertiary/aromatic N) is 2. The van der Waals surface area contributed by atoms with Gasteiger partial charge in [-0.2, -0.15) is 0 Å². The Bertz CT molecular complexity index is 688. The summed E-state index contributed by atoms with van der Waals surface area (Å²) in [4.78, 5) is 17.0. The van der Waals surface area contributed by atoms with Crippen molar-refractivity contribution in [2.45, 2.75) is 18.3 Å². The predicted molar refractivity (Wildman–Crippen MR) is 109 cm³/mol. The van der Waals surface area contributed by atoms with Gasteiger partial charge in [0.1, 0.15) is 0 Å². The minimum atomic E-state index is -0.536. The van der Waals surface area contributed by atoms with Crippen LogP contribution in [0.4, 0.5) is 5.69 Å². The summed E-state index contributed by atoms with van der Waals surface area (Å²) >= 11 is 1.52. The average Bonchev–Trinajstić information content (AvgIpc) is 2.72. The van der Waals surface area contributed by atoms with Crippen LogP contribution < -0.4 is 4.90 Å². The standard InChI is InChI=1S/C21H26N2O2S/c1-17(26-16-20(24)18-8-4-2-5-9-18)21(25)23-14-12-22(13-15-23)19-10-6-3-7-11-19/h2-11,17,20,24H,12-16H2,1H3. The van der Waals surface area contributed by atoms with Crippen molar-refractivity contribution in [2.75, 3.05) is 36.8 Å². The summed E-state index contributed by atoms with van der Waals surface area (Å²) in [6.45, 7) is 5.16. The Kier molecular flexibility index (Phi) is 6.58. The van der Waals surface area contributed by atoms with E-state index in [4.69, 9.17) is 0 Å². The fourth-order valence-electron chi connectivity index (χ4n) is 3.16. The van der Waals surface area contributed by atoms with Crippen LogP contribution in [0.3, 0.4) is 0 Å². The molecular weight excluding hydrogens is 344 g/mol. The maximum absolute atomic E-state index is 12.7. The lowest BCUT2D eigenvalue weighted by Crippen LogP contribution is -2.50. The molecule has 3 rings (SSSR count). The van der Waals surface area contributed by atoms with Crippen LogP contribution >= 0.6 is 11.8 Å². The molecule has 1 saturated heterocycles. The average molecular weight is 371 g/mol. The third kappa shape index (κ3) is 4.80. The largest absolute Gasteiger partial charge is 0.388 e. The molecule has 2 aromatic rings. The van der Waals surface area contributed by atoms with Crippen LogP contribution in [-0.2, 0) is 4.79 Å². The zero-order valence-corrected chi connectivity index (χ0v) is 15.9. The van der Waals surface area contributed by atoms with Crippen LogP contribution in [-0.4, -0.2) is 53.1 Å². The number of carbonyl (C=O) groups is 1. The highest BCUT2D eigenvalue weighted by molar-refractivity contribution is 8.00. The number of hydrogen-bond donors (Lipinski definition) is 1. The van der Waals surface area contributed by atoms with E-state index in [1.165, 1.54) is 17.4 Å². The van der Waals surface area contributed by atoms with Crippen LogP contribution in [0.15, 0.2) is 60.7 Å². The summed E-state index contributed by atoms with van der Waals surface area (Å²) in [5, 5.41) is 10.1. The smallest absolute Gasteiger partial charge is 0.235 e. The molecule has 4 nitrogen and oxygen atoms in total. The molecule has 0 bridgehead atoms. The monoisotopic (exact) mass is 370 g/mol. The second-order valence-corrected chi connectivity index (χ2v) is 7.92. The van der Waals surface area contributed by atoms with Gasteiger partial charge in [0.05, 0.1) is 11.4 Å². The molecule has 1 aliphatic heterocycles. The first kappa shape index (κ1) is 18.8. The van der Waals surface area contributed by atoms with Gasteiger partial charge in [0.15, 0.2) is 0 Å². The Morgan fingerprint density at radius 1 is 1.00 bits per heavy atom. The summed E-state index contributed by atoms with van der Waals surface area (Å²) < 4.78 is 0. The molecule has 1 N–H and O–H groups in total. The van der Waals surface area contributed by atoms with Gasteiger partial charge in [-0.15, -0.1) is 11.8 Å². The molecule has 1 aliphatic rings. The quantitative estimate of drug-likeness (QED) is 0.848. The number of rotatable bonds is 6. The lowest BCUT2D eigenvalue weighted by Gasteiger charge is -2.37. The fourth-order valence-corrected chi connectivity index (χ4v) is 4.11. The van der Waals surface area contributed by atoms with E-state index in [0.29, 0.717) is 5.75 Å². The molecule has 0 radical (unpaired) electrons. The number of thioether (sulfide) groups is 1. The van der Waals surface area contributed by atoms with E-state index in [1.54, 1.807) is 0 Å². The number of hydrogen-bond acceptors (Lipinski definition) is 4. The van der Waals surface area contributed by atoms with E-state index in [9.17, 15) is 9.90 Å². The topological polar surface area (TPSA) is 43.8 Å². The summed E-state index contributed by atoms with van der Waals surface area (Å²) in [5.74, 6) is 0.698. The van der Waals surface area contributed by atoms with Gasteiger partial charge < -0.3 is 14.9 Å². The van der Waals surface area contributed by atoms with Crippen LogP contribution in [0.2, 0.25) is 0 Å². The number of para-hydroxylation sites is 1. The molecular formula is C21H26N2O2S. The molecule has 2 unspecified atom stereocenters. The normalized spacial score (nSPS) is 17.0. The molecule has 26 heavy (non-hydrogen) atoms. The van der Waals surface area contributed by atoms with Gasteiger partial charge in [0.2, 0.25) is 5.91 Å². The fraction of sp³-hybridized carbons (Fsp3) is 0.381. The number of piperazine rings is 1. The van der Waals surface area contributed by atoms with Crippen molar-refractivity contribution in [1.82, 2.24) is 4.90 Å². The first-order valence-corrected chi connectivity index (χ1v) is 10.1. The van der Waals surface area contributed by atoms with Gasteiger partial charge in [-0.1, -0.05) is 48.5 Å². The Hall–Kier alpha value is -1.98. The van der Waals surface area contributed by atoms with Gasteiger partial charge in [0, 0.05) is 37.6 Å². The minimum absolute atomic E-state index is 0.142. The van der Waals surface area contributed by atoms with E-state index in [-0.39, 0.29) is 11.2 Å². The Morgan fingerprint density at radius 2 is 1.58 bits per heavy atom. The molecule has 138 valence electrons. The lowest BCUT2D eigenvalue weighted by atomic mass is 10.1. The van der Waals surface area contributed by atoms with Gasteiger partial charge in [0.25, 0.3) is 0 Å². The highest BCUT2D eigenvalue weighted by atomic mass is 32.2. The zero-order valence-electron chi connectivity index (χ0n) is 15.1. The van der Waals surface area contributed by atoms with E-state index < -0.39 is 6.10 Å². The van der Waals surface area contributed by atoms with Crippen LogP contribution in [0.25, 0.3) is 0 Å². The maximum Gasteiger partial charge on any atom is 0.235 e. The molecule has 2 atom stereocenters. The number of aliphatic hydroxyl groups is 1. The van der Waals surface area contributed by atoms with Crippen molar-refractivity contribution in [2.24, 2.45) is 0 Å². The van der Waals surface area contributed by atoms with E-state index in [2.05, 4.69) is 17.0 Å². The minimum Gasteiger partial charge on any atom is -0.388 e. The molecule has 0 spiro atoms. The van der Waals surface area contributed by atoms with Crippen LogP contribution in [0.5, 0.6) is 0 Å². The van der Waals surface area contributed by atoms with E-state index in [1.807, 2.05) is 60.4 Å². The molecule has 1 amide bonds. The van der Waals surface area contributed by atoms with Crippen molar-refractivity contribution in [3.05, 3.63) is 66.2 Å². The number of anilines is 1. The van der Waals surface area contributed by atoms with Gasteiger partial charge in [-0.3, -0.25) is 4.79 Å². The first-order chi connectivity index (χ1) is 12.6. The van der Waals surface area contributed by atoms with Crippen molar-refractivity contribution in [3.63, 3.8) is 0 Å². The van der Waals surface area contributed by atoms with Gasteiger partial charge in [-0.05, 0) is 24.6 Å².